The maximum absolute atomic E-state index is 12.4. The summed E-state index contributed by atoms with van der Waals surface area (Å²) in [6.07, 6.45) is 1.77. The van der Waals surface area contributed by atoms with Crippen molar-refractivity contribution in [1.82, 2.24) is 14.8 Å². The standard InChI is InChI=1S/C23H25ClN4O2S/c1-5-8-28-21(13-30-19-10-15(2)9-16(3)11-19)26-27-23(28)31-14-22(29)25-20-7-6-18(24)12-17(20)4/h5-7,9-12H,1,8,13-14H2,2-4H3,(H,25,29). The molecule has 1 N–H and O–H groups in total. The molecule has 8 heteroatoms. The van der Waals surface area contributed by atoms with Gasteiger partial charge >= 0.3 is 0 Å². The van der Waals surface area contributed by atoms with Crippen LogP contribution in [-0.4, -0.2) is 26.4 Å². The fourth-order valence-electron chi connectivity index (χ4n) is 3.09. The van der Waals surface area contributed by atoms with Gasteiger partial charge in [-0.2, -0.15) is 0 Å². The Morgan fingerprint density at radius 2 is 1.94 bits per heavy atom. The van der Waals surface area contributed by atoms with Crippen molar-refractivity contribution in [1.29, 1.82) is 0 Å². The van der Waals surface area contributed by atoms with Crippen LogP contribution in [0.2, 0.25) is 5.02 Å². The second kappa shape index (κ2) is 10.5. The van der Waals surface area contributed by atoms with Gasteiger partial charge in [0.15, 0.2) is 11.0 Å². The summed E-state index contributed by atoms with van der Waals surface area (Å²) in [5, 5.41) is 12.7. The van der Waals surface area contributed by atoms with Gasteiger partial charge < -0.3 is 10.1 Å². The number of hydrogen-bond acceptors (Lipinski definition) is 5. The number of anilines is 1. The summed E-state index contributed by atoms with van der Waals surface area (Å²) in [6.45, 7) is 10.6. The Balaban J connectivity index is 1.64. The molecular formula is C23H25ClN4O2S. The van der Waals surface area contributed by atoms with E-state index < -0.39 is 0 Å². The second-order valence-electron chi connectivity index (χ2n) is 7.21. The summed E-state index contributed by atoms with van der Waals surface area (Å²) < 4.78 is 7.83. The molecule has 2 aromatic carbocycles. The molecule has 0 radical (unpaired) electrons. The molecule has 1 aromatic heterocycles. The Bertz CT molecular complexity index is 1080. The highest BCUT2D eigenvalue weighted by Crippen LogP contribution is 2.22. The molecule has 0 atom stereocenters. The molecule has 0 unspecified atom stereocenters. The number of allylic oxidation sites excluding steroid dienone is 1. The Morgan fingerprint density at radius 1 is 1.19 bits per heavy atom. The summed E-state index contributed by atoms with van der Waals surface area (Å²) in [5.74, 6) is 1.54. The van der Waals surface area contributed by atoms with Crippen molar-refractivity contribution < 1.29 is 9.53 Å². The van der Waals surface area contributed by atoms with E-state index in [9.17, 15) is 4.79 Å². The van der Waals surface area contributed by atoms with Crippen LogP contribution in [0.5, 0.6) is 5.75 Å². The molecule has 0 bridgehead atoms. The first-order valence-electron chi connectivity index (χ1n) is 9.78. The van der Waals surface area contributed by atoms with Crippen molar-refractivity contribution in [2.45, 2.75) is 39.1 Å². The van der Waals surface area contributed by atoms with Crippen LogP contribution in [0.15, 0.2) is 54.2 Å². The van der Waals surface area contributed by atoms with Crippen LogP contribution in [-0.2, 0) is 17.9 Å². The number of ether oxygens (including phenoxy) is 1. The summed E-state index contributed by atoms with van der Waals surface area (Å²) in [5.41, 5.74) is 3.93. The van der Waals surface area contributed by atoms with Gasteiger partial charge in [0, 0.05) is 17.3 Å². The number of thioether (sulfide) groups is 1. The van der Waals surface area contributed by atoms with E-state index in [1.165, 1.54) is 11.8 Å². The maximum Gasteiger partial charge on any atom is 0.234 e. The van der Waals surface area contributed by atoms with Gasteiger partial charge in [-0.25, -0.2) is 0 Å². The zero-order valence-corrected chi connectivity index (χ0v) is 19.4. The highest BCUT2D eigenvalue weighted by molar-refractivity contribution is 7.99. The number of nitrogens with one attached hydrogen (secondary N) is 1. The number of aromatic nitrogens is 3. The Morgan fingerprint density at radius 3 is 2.61 bits per heavy atom. The topological polar surface area (TPSA) is 69.0 Å². The molecule has 0 spiro atoms. The van der Waals surface area contributed by atoms with Crippen LogP contribution in [0.3, 0.4) is 0 Å². The molecule has 0 aliphatic carbocycles. The van der Waals surface area contributed by atoms with E-state index in [1.54, 1.807) is 18.2 Å². The number of rotatable bonds is 9. The fraction of sp³-hybridized carbons (Fsp3) is 0.261. The van der Waals surface area contributed by atoms with E-state index in [-0.39, 0.29) is 18.3 Å². The lowest BCUT2D eigenvalue weighted by atomic mass is 10.1. The first-order valence-corrected chi connectivity index (χ1v) is 11.1. The molecule has 6 nitrogen and oxygen atoms in total. The quantitative estimate of drug-likeness (QED) is 0.347. The van der Waals surface area contributed by atoms with E-state index in [4.69, 9.17) is 16.3 Å². The largest absolute Gasteiger partial charge is 0.486 e. The zero-order valence-electron chi connectivity index (χ0n) is 17.8. The van der Waals surface area contributed by atoms with Crippen molar-refractivity contribution in [2.75, 3.05) is 11.1 Å². The molecule has 1 heterocycles. The van der Waals surface area contributed by atoms with E-state index in [0.717, 1.165) is 28.1 Å². The fourth-order valence-corrected chi connectivity index (χ4v) is 4.09. The van der Waals surface area contributed by atoms with Gasteiger partial charge in [0.25, 0.3) is 0 Å². The smallest absolute Gasteiger partial charge is 0.234 e. The molecule has 0 saturated carbocycles. The lowest BCUT2D eigenvalue weighted by Crippen LogP contribution is -2.15. The predicted molar refractivity (Wildman–Crippen MR) is 126 cm³/mol. The molecule has 3 rings (SSSR count). The monoisotopic (exact) mass is 456 g/mol. The Labute approximate surface area is 191 Å². The van der Waals surface area contributed by atoms with Gasteiger partial charge in [-0.3, -0.25) is 9.36 Å². The van der Waals surface area contributed by atoms with Crippen LogP contribution < -0.4 is 10.1 Å². The van der Waals surface area contributed by atoms with E-state index >= 15 is 0 Å². The van der Waals surface area contributed by atoms with Crippen molar-refractivity contribution in [3.63, 3.8) is 0 Å². The number of hydrogen-bond donors (Lipinski definition) is 1. The van der Waals surface area contributed by atoms with Gasteiger partial charge in [-0.1, -0.05) is 35.5 Å². The molecule has 31 heavy (non-hydrogen) atoms. The third kappa shape index (κ3) is 6.35. The van der Waals surface area contributed by atoms with Crippen LogP contribution in [0.4, 0.5) is 5.69 Å². The molecule has 0 aliphatic heterocycles. The number of nitrogens with zero attached hydrogens (tertiary/aromatic N) is 3. The highest BCUT2D eigenvalue weighted by Gasteiger charge is 2.15. The predicted octanol–water partition coefficient (Wildman–Crippen LogP) is 5.35. The average Bonchev–Trinajstić information content (AvgIpc) is 3.08. The van der Waals surface area contributed by atoms with Crippen LogP contribution in [0, 0.1) is 20.8 Å². The van der Waals surface area contributed by atoms with Crippen molar-refractivity contribution in [2.24, 2.45) is 0 Å². The Hall–Kier alpha value is -2.77. The summed E-state index contributed by atoms with van der Waals surface area (Å²) in [6, 6.07) is 11.4. The summed E-state index contributed by atoms with van der Waals surface area (Å²) in [7, 11) is 0. The minimum Gasteiger partial charge on any atom is -0.486 e. The van der Waals surface area contributed by atoms with Crippen LogP contribution >= 0.6 is 23.4 Å². The third-order valence-electron chi connectivity index (χ3n) is 4.46. The highest BCUT2D eigenvalue weighted by atomic mass is 35.5. The second-order valence-corrected chi connectivity index (χ2v) is 8.59. The van der Waals surface area contributed by atoms with Crippen molar-refractivity contribution in [3.05, 3.63) is 76.6 Å². The molecule has 162 valence electrons. The van der Waals surface area contributed by atoms with Crippen molar-refractivity contribution in [3.8, 4) is 5.75 Å². The van der Waals surface area contributed by atoms with Gasteiger partial charge in [0.1, 0.15) is 12.4 Å². The number of amides is 1. The van der Waals surface area contributed by atoms with Gasteiger partial charge in [-0.05, 0) is 67.8 Å². The normalized spacial score (nSPS) is 10.7. The molecular weight excluding hydrogens is 432 g/mol. The van der Waals surface area contributed by atoms with Gasteiger partial charge in [0.05, 0.1) is 5.75 Å². The van der Waals surface area contributed by atoms with Gasteiger partial charge in [-0.15, -0.1) is 16.8 Å². The first-order chi connectivity index (χ1) is 14.9. The Kier molecular flexibility index (Phi) is 7.76. The van der Waals surface area contributed by atoms with E-state index in [2.05, 4.69) is 28.2 Å². The van der Waals surface area contributed by atoms with Crippen LogP contribution in [0.25, 0.3) is 0 Å². The average molecular weight is 457 g/mol. The molecule has 0 saturated heterocycles. The molecule has 1 amide bonds. The lowest BCUT2D eigenvalue weighted by Gasteiger charge is -2.11. The number of benzene rings is 2. The first kappa shape index (κ1) is 22.9. The number of carbonyl (C=O) groups excluding carboxylic acids is 1. The zero-order chi connectivity index (χ0) is 22.4. The number of carbonyl (C=O) groups is 1. The number of halogens is 1. The van der Waals surface area contributed by atoms with E-state index in [0.29, 0.717) is 22.5 Å². The molecule has 0 fully saturated rings. The summed E-state index contributed by atoms with van der Waals surface area (Å²) >= 11 is 7.29. The minimum absolute atomic E-state index is 0.128. The number of aryl methyl sites for hydroxylation is 3. The SMILES string of the molecule is C=CCn1c(COc2cc(C)cc(C)c2)nnc1SCC(=O)Nc1ccc(Cl)cc1C. The van der Waals surface area contributed by atoms with Crippen LogP contribution in [0.1, 0.15) is 22.5 Å². The third-order valence-corrected chi connectivity index (χ3v) is 5.67. The minimum atomic E-state index is -0.128. The molecule has 3 aromatic rings. The maximum atomic E-state index is 12.4. The van der Waals surface area contributed by atoms with E-state index in [1.807, 2.05) is 43.5 Å². The summed E-state index contributed by atoms with van der Waals surface area (Å²) in [4.78, 5) is 12.4. The molecule has 0 aliphatic rings. The lowest BCUT2D eigenvalue weighted by molar-refractivity contribution is -0.113. The van der Waals surface area contributed by atoms with Gasteiger partial charge in [0.2, 0.25) is 5.91 Å². The van der Waals surface area contributed by atoms with Crippen molar-refractivity contribution >= 4 is 35.0 Å².